The molecule has 17 heavy (non-hydrogen) atoms. The predicted octanol–water partition coefficient (Wildman–Crippen LogP) is -1.40. The lowest BCUT2D eigenvalue weighted by Gasteiger charge is -2.34. The Morgan fingerprint density at radius 3 is 2.29 bits per heavy atom. The minimum atomic E-state index is -0.538. The number of aliphatic hydroxyl groups is 1. The molecule has 0 bridgehead atoms. The molecule has 1 saturated heterocycles. The third-order valence-electron chi connectivity index (χ3n) is 3.07. The van der Waals surface area contributed by atoms with Crippen molar-refractivity contribution >= 4 is 11.8 Å². The molecule has 98 valence electrons. The van der Waals surface area contributed by atoms with Gasteiger partial charge in [0.2, 0.25) is 0 Å². The summed E-state index contributed by atoms with van der Waals surface area (Å²) in [6.45, 7) is 5.96. The summed E-state index contributed by atoms with van der Waals surface area (Å²) in [5, 5.41) is 8.72. The van der Waals surface area contributed by atoms with Crippen LogP contribution in [-0.2, 0) is 9.59 Å². The molecule has 1 N–H and O–H groups in total. The standard InChI is InChI=1S/C11H21N3O3/c1-3-13-4-6-14(7-5-13)11(17)10(16)12(2)8-9-15/h15H,3-9H2,1-2H3. The summed E-state index contributed by atoms with van der Waals surface area (Å²) in [5.74, 6) is -0.999. The number of carbonyl (C=O) groups is 2. The number of aliphatic hydroxyl groups excluding tert-OH is 1. The van der Waals surface area contributed by atoms with E-state index in [-0.39, 0.29) is 13.2 Å². The molecule has 0 aromatic heterocycles. The average Bonchev–Trinajstić information content (AvgIpc) is 2.37. The molecule has 0 atom stereocenters. The molecule has 1 aliphatic rings. The van der Waals surface area contributed by atoms with E-state index in [1.807, 2.05) is 0 Å². The number of piperazine rings is 1. The Bertz CT molecular complexity index is 275. The molecule has 0 spiro atoms. The van der Waals surface area contributed by atoms with E-state index in [1.165, 1.54) is 11.9 Å². The third kappa shape index (κ3) is 3.67. The summed E-state index contributed by atoms with van der Waals surface area (Å²) in [5.41, 5.74) is 0. The van der Waals surface area contributed by atoms with Crippen molar-refractivity contribution in [3.05, 3.63) is 0 Å². The van der Waals surface area contributed by atoms with Gasteiger partial charge in [-0.3, -0.25) is 9.59 Å². The van der Waals surface area contributed by atoms with Crippen molar-refractivity contribution in [1.29, 1.82) is 0 Å². The fourth-order valence-corrected chi connectivity index (χ4v) is 1.82. The SMILES string of the molecule is CCN1CCN(C(=O)C(=O)N(C)CCO)CC1. The molecule has 0 unspecified atom stereocenters. The molecule has 0 aromatic rings. The molecule has 6 heteroatoms. The number of hydrogen-bond donors (Lipinski definition) is 1. The van der Waals surface area contributed by atoms with Crippen molar-refractivity contribution in [2.45, 2.75) is 6.92 Å². The molecular weight excluding hydrogens is 222 g/mol. The first-order chi connectivity index (χ1) is 8.10. The maximum absolute atomic E-state index is 11.8. The number of amides is 2. The lowest BCUT2D eigenvalue weighted by atomic mass is 10.3. The van der Waals surface area contributed by atoms with Gasteiger partial charge < -0.3 is 19.8 Å². The van der Waals surface area contributed by atoms with Crippen molar-refractivity contribution in [1.82, 2.24) is 14.7 Å². The minimum Gasteiger partial charge on any atom is -0.395 e. The Kier molecular flexibility index (Phi) is 5.37. The maximum Gasteiger partial charge on any atom is 0.312 e. The largest absolute Gasteiger partial charge is 0.395 e. The highest BCUT2D eigenvalue weighted by atomic mass is 16.3. The average molecular weight is 243 g/mol. The lowest BCUT2D eigenvalue weighted by molar-refractivity contribution is -0.152. The first kappa shape index (κ1) is 13.9. The second-order valence-electron chi connectivity index (χ2n) is 4.18. The molecule has 6 nitrogen and oxygen atoms in total. The first-order valence-corrected chi connectivity index (χ1v) is 5.97. The van der Waals surface area contributed by atoms with E-state index < -0.39 is 11.8 Å². The normalized spacial score (nSPS) is 17.0. The fourth-order valence-electron chi connectivity index (χ4n) is 1.82. The van der Waals surface area contributed by atoms with E-state index >= 15 is 0 Å². The highest BCUT2D eigenvalue weighted by molar-refractivity contribution is 6.34. The van der Waals surface area contributed by atoms with Gasteiger partial charge in [-0.15, -0.1) is 0 Å². The van der Waals surface area contributed by atoms with Gasteiger partial charge in [-0.05, 0) is 6.54 Å². The fraction of sp³-hybridized carbons (Fsp3) is 0.818. The Hall–Kier alpha value is -1.14. The molecule has 1 heterocycles. The topological polar surface area (TPSA) is 64.1 Å². The zero-order valence-corrected chi connectivity index (χ0v) is 10.6. The van der Waals surface area contributed by atoms with Gasteiger partial charge in [-0.25, -0.2) is 0 Å². The smallest absolute Gasteiger partial charge is 0.312 e. The number of nitrogens with zero attached hydrogens (tertiary/aromatic N) is 3. The molecule has 1 fully saturated rings. The Morgan fingerprint density at radius 2 is 1.82 bits per heavy atom. The van der Waals surface area contributed by atoms with Crippen LogP contribution in [0.15, 0.2) is 0 Å². The van der Waals surface area contributed by atoms with Crippen LogP contribution in [-0.4, -0.2) is 84.5 Å². The van der Waals surface area contributed by atoms with E-state index in [9.17, 15) is 9.59 Å². The summed E-state index contributed by atoms with van der Waals surface area (Å²) < 4.78 is 0. The molecule has 0 aliphatic carbocycles. The van der Waals surface area contributed by atoms with Gasteiger partial charge in [-0.2, -0.15) is 0 Å². The number of carbonyl (C=O) groups excluding carboxylic acids is 2. The van der Waals surface area contributed by atoms with Crippen LogP contribution in [0, 0.1) is 0 Å². The highest BCUT2D eigenvalue weighted by Crippen LogP contribution is 2.03. The molecule has 1 aliphatic heterocycles. The summed E-state index contributed by atoms with van der Waals surface area (Å²) in [6.07, 6.45) is 0. The van der Waals surface area contributed by atoms with Crippen LogP contribution in [0.25, 0.3) is 0 Å². The summed E-state index contributed by atoms with van der Waals surface area (Å²) in [7, 11) is 1.53. The second kappa shape index (κ2) is 6.56. The third-order valence-corrected chi connectivity index (χ3v) is 3.07. The zero-order valence-electron chi connectivity index (χ0n) is 10.6. The molecule has 0 radical (unpaired) electrons. The maximum atomic E-state index is 11.8. The van der Waals surface area contributed by atoms with Gasteiger partial charge in [0.05, 0.1) is 6.61 Å². The molecule has 0 aromatic carbocycles. The van der Waals surface area contributed by atoms with Crippen LogP contribution in [0.1, 0.15) is 6.92 Å². The van der Waals surface area contributed by atoms with Gasteiger partial charge >= 0.3 is 11.8 Å². The molecule has 2 amide bonds. The van der Waals surface area contributed by atoms with Crippen molar-refractivity contribution in [3.63, 3.8) is 0 Å². The number of rotatable bonds is 3. The van der Waals surface area contributed by atoms with E-state index in [1.54, 1.807) is 4.90 Å². The van der Waals surface area contributed by atoms with Gasteiger partial charge in [0.15, 0.2) is 0 Å². The zero-order chi connectivity index (χ0) is 12.8. The second-order valence-corrected chi connectivity index (χ2v) is 4.18. The van der Waals surface area contributed by atoms with Crippen LogP contribution < -0.4 is 0 Å². The van der Waals surface area contributed by atoms with Gasteiger partial charge in [0.25, 0.3) is 0 Å². The van der Waals surface area contributed by atoms with Gasteiger partial charge in [0, 0.05) is 39.8 Å². The van der Waals surface area contributed by atoms with Crippen molar-refractivity contribution in [2.75, 3.05) is 52.9 Å². The van der Waals surface area contributed by atoms with Crippen molar-refractivity contribution < 1.29 is 14.7 Å². The predicted molar refractivity (Wildman–Crippen MR) is 63.4 cm³/mol. The highest BCUT2D eigenvalue weighted by Gasteiger charge is 2.27. The monoisotopic (exact) mass is 243 g/mol. The van der Waals surface area contributed by atoms with Crippen LogP contribution in [0.5, 0.6) is 0 Å². The first-order valence-electron chi connectivity index (χ1n) is 5.97. The lowest BCUT2D eigenvalue weighted by Crippen LogP contribution is -2.52. The van der Waals surface area contributed by atoms with Crippen LogP contribution in [0.2, 0.25) is 0 Å². The molecule has 1 rings (SSSR count). The van der Waals surface area contributed by atoms with Gasteiger partial charge in [0.1, 0.15) is 0 Å². The van der Waals surface area contributed by atoms with Crippen molar-refractivity contribution in [3.8, 4) is 0 Å². The molecular formula is C11H21N3O3. The minimum absolute atomic E-state index is 0.126. The Balaban J connectivity index is 2.45. The van der Waals surface area contributed by atoms with E-state index in [0.29, 0.717) is 13.1 Å². The van der Waals surface area contributed by atoms with E-state index in [2.05, 4.69) is 11.8 Å². The van der Waals surface area contributed by atoms with E-state index in [0.717, 1.165) is 19.6 Å². The number of likely N-dealkylation sites (N-methyl/N-ethyl adjacent to an activating group) is 2. The quantitative estimate of drug-likeness (QED) is 0.619. The van der Waals surface area contributed by atoms with Crippen LogP contribution >= 0.6 is 0 Å². The molecule has 0 saturated carbocycles. The van der Waals surface area contributed by atoms with E-state index in [4.69, 9.17) is 5.11 Å². The van der Waals surface area contributed by atoms with Crippen LogP contribution in [0.4, 0.5) is 0 Å². The Morgan fingerprint density at radius 1 is 1.24 bits per heavy atom. The summed E-state index contributed by atoms with van der Waals surface area (Å²) in [4.78, 5) is 28.6. The van der Waals surface area contributed by atoms with Crippen molar-refractivity contribution in [2.24, 2.45) is 0 Å². The summed E-state index contributed by atoms with van der Waals surface area (Å²) in [6, 6.07) is 0. The Labute approximate surface area is 102 Å². The van der Waals surface area contributed by atoms with Gasteiger partial charge in [-0.1, -0.05) is 6.92 Å². The van der Waals surface area contributed by atoms with Crippen LogP contribution in [0.3, 0.4) is 0 Å². The summed E-state index contributed by atoms with van der Waals surface area (Å²) >= 11 is 0. The number of hydrogen-bond acceptors (Lipinski definition) is 4.